The maximum Gasteiger partial charge on any atom is 0.258 e. The topological polar surface area (TPSA) is 42.0 Å². The fraction of sp³-hybridized carbons (Fsp3) is 0. The quantitative estimate of drug-likeness (QED) is 0.541. The van der Waals surface area contributed by atoms with Crippen molar-refractivity contribution in [1.29, 1.82) is 0 Å². The van der Waals surface area contributed by atoms with Crippen molar-refractivity contribution in [3.63, 3.8) is 0 Å². The molecule has 114 valence electrons. The van der Waals surface area contributed by atoms with E-state index < -0.39 is 0 Å². The largest absolute Gasteiger partial charge is 0.320 e. The Bertz CT molecular complexity index is 1010. The molecule has 24 heavy (non-hydrogen) atoms. The van der Waals surface area contributed by atoms with Crippen LogP contribution >= 0.6 is 11.3 Å². The fourth-order valence-electron chi connectivity index (χ4n) is 2.45. The summed E-state index contributed by atoms with van der Waals surface area (Å²) in [5.41, 5.74) is 3.98. The Morgan fingerprint density at radius 2 is 1.88 bits per heavy atom. The van der Waals surface area contributed by atoms with Crippen molar-refractivity contribution in [2.24, 2.45) is 0 Å². The lowest BCUT2D eigenvalue weighted by molar-refractivity contribution is -0.110. The normalized spacial score (nSPS) is 14.0. The minimum atomic E-state index is -0.117. The van der Waals surface area contributed by atoms with Gasteiger partial charge in [-0.3, -0.25) is 9.78 Å². The molecule has 0 saturated heterocycles. The van der Waals surface area contributed by atoms with Crippen LogP contribution in [0, 0.1) is 11.8 Å². The molecule has 1 aliphatic rings. The molecule has 4 rings (SSSR count). The standard InChI is InChI=1S/C20H12N2OS/c23-20-17(19-18(22-20)7-4-10-21-19)12-16-11-15(13-24-16)9-8-14-5-2-1-3-6-14/h1-7,10-13H,(H,22,23). The molecule has 4 heteroatoms. The predicted molar refractivity (Wildman–Crippen MR) is 97.5 cm³/mol. The molecule has 2 aromatic heterocycles. The van der Waals surface area contributed by atoms with Crippen molar-refractivity contribution in [2.45, 2.75) is 0 Å². The van der Waals surface area contributed by atoms with E-state index in [1.807, 2.05) is 60.0 Å². The van der Waals surface area contributed by atoms with Crippen LogP contribution in [0.15, 0.2) is 60.1 Å². The number of thiophene rings is 1. The summed E-state index contributed by atoms with van der Waals surface area (Å²) in [6, 6.07) is 15.5. The molecule has 0 fully saturated rings. The molecule has 0 unspecified atom stereocenters. The first kappa shape index (κ1) is 14.4. The van der Waals surface area contributed by atoms with Crippen molar-refractivity contribution >= 4 is 34.6 Å². The lowest BCUT2D eigenvalue weighted by Gasteiger charge is -1.94. The van der Waals surface area contributed by atoms with E-state index in [4.69, 9.17) is 0 Å². The summed E-state index contributed by atoms with van der Waals surface area (Å²) < 4.78 is 0. The molecule has 0 spiro atoms. The van der Waals surface area contributed by atoms with Crippen LogP contribution in [0.5, 0.6) is 0 Å². The maximum atomic E-state index is 12.1. The van der Waals surface area contributed by atoms with E-state index in [0.29, 0.717) is 11.3 Å². The van der Waals surface area contributed by atoms with E-state index in [1.54, 1.807) is 17.5 Å². The van der Waals surface area contributed by atoms with Gasteiger partial charge in [-0.1, -0.05) is 30.0 Å². The van der Waals surface area contributed by atoms with Crippen molar-refractivity contribution in [1.82, 2.24) is 4.98 Å². The first-order valence-electron chi connectivity index (χ1n) is 7.44. The fourth-order valence-corrected chi connectivity index (χ4v) is 3.22. The van der Waals surface area contributed by atoms with Crippen molar-refractivity contribution < 1.29 is 4.79 Å². The Balaban J connectivity index is 1.62. The second-order valence-electron chi connectivity index (χ2n) is 5.27. The number of nitrogens with zero attached hydrogens (tertiary/aromatic N) is 1. The molecule has 0 saturated carbocycles. The number of carbonyl (C=O) groups excluding carboxylic acids is 1. The summed E-state index contributed by atoms with van der Waals surface area (Å²) in [6.45, 7) is 0. The molecule has 0 atom stereocenters. The Kier molecular flexibility index (Phi) is 3.70. The zero-order valence-electron chi connectivity index (χ0n) is 12.6. The molecular weight excluding hydrogens is 316 g/mol. The first-order chi connectivity index (χ1) is 11.8. The zero-order chi connectivity index (χ0) is 16.4. The number of fused-ring (bicyclic) bond motifs is 1. The van der Waals surface area contributed by atoms with Crippen LogP contribution in [0.4, 0.5) is 5.69 Å². The van der Waals surface area contributed by atoms with Gasteiger partial charge in [-0.05, 0) is 36.4 Å². The highest BCUT2D eigenvalue weighted by molar-refractivity contribution is 7.11. The lowest BCUT2D eigenvalue weighted by atomic mass is 10.1. The second kappa shape index (κ2) is 6.15. The van der Waals surface area contributed by atoms with Crippen LogP contribution in [0.3, 0.4) is 0 Å². The van der Waals surface area contributed by atoms with E-state index in [2.05, 4.69) is 22.1 Å². The van der Waals surface area contributed by atoms with E-state index in [-0.39, 0.29) is 5.91 Å². The van der Waals surface area contributed by atoms with Crippen LogP contribution in [0.1, 0.15) is 21.7 Å². The van der Waals surface area contributed by atoms with Crippen molar-refractivity contribution in [2.75, 3.05) is 5.32 Å². The van der Waals surface area contributed by atoms with E-state index in [1.165, 1.54) is 0 Å². The van der Waals surface area contributed by atoms with Gasteiger partial charge in [0.15, 0.2) is 0 Å². The van der Waals surface area contributed by atoms with Gasteiger partial charge in [-0.25, -0.2) is 0 Å². The Morgan fingerprint density at radius 3 is 2.75 bits per heavy atom. The molecular formula is C20H12N2OS. The third-order valence-electron chi connectivity index (χ3n) is 3.59. The van der Waals surface area contributed by atoms with E-state index >= 15 is 0 Å². The maximum absolute atomic E-state index is 12.1. The lowest BCUT2D eigenvalue weighted by Crippen LogP contribution is -2.03. The number of hydrogen-bond donors (Lipinski definition) is 1. The first-order valence-corrected chi connectivity index (χ1v) is 8.31. The minimum Gasteiger partial charge on any atom is -0.320 e. The second-order valence-corrected chi connectivity index (χ2v) is 6.21. The molecule has 1 aromatic carbocycles. The summed E-state index contributed by atoms with van der Waals surface area (Å²) in [7, 11) is 0. The van der Waals surface area contributed by atoms with Gasteiger partial charge in [0.2, 0.25) is 0 Å². The SMILES string of the molecule is O=C1Nc2cccnc2C1=Cc1cc(C#Cc2ccccc2)cs1. The predicted octanol–water partition coefficient (Wildman–Crippen LogP) is 4.04. The molecule has 0 aliphatic carbocycles. The van der Waals surface area contributed by atoms with Gasteiger partial charge in [0, 0.05) is 27.6 Å². The van der Waals surface area contributed by atoms with Gasteiger partial charge < -0.3 is 5.32 Å². The Labute approximate surface area is 143 Å². The monoisotopic (exact) mass is 328 g/mol. The number of nitrogens with one attached hydrogen (secondary N) is 1. The Hall–Kier alpha value is -3.16. The van der Waals surface area contributed by atoms with Gasteiger partial charge >= 0.3 is 0 Å². The molecule has 0 radical (unpaired) electrons. The van der Waals surface area contributed by atoms with Crippen molar-refractivity contribution in [3.05, 3.63) is 81.8 Å². The molecule has 3 nitrogen and oxygen atoms in total. The molecule has 0 bridgehead atoms. The highest BCUT2D eigenvalue weighted by Gasteiger charge is 2.25. The molecule has 1 N–H and O–H groups in total. The summed E-state index contributed by atoms with van der Waals surface area (Å²) >= 11 is 1.56. The average molecular weight is 328 g/mol. The molecule has 1 aliphatic heterocycles. The highest BCUT2D eigenvalue weighted by Crippen LogP contribution is 2.31. The van der Waals surface area contributed by atoms with Crippen LogP contribution in [0.25, 0.3) is 11.6 Å². The zero-order valence-corrected chi connectivity index (χ0v) is 13.4. The number of benzene rings is 1. The summed E-state index contributed by atoms with van der Waals surface area (Å²) in [5, 5.41) is 4.82. The van der Waals surface area contributed by atoms with Crippen LogP contribution < -0.4 is 5.32 Å². The average Bonchev–Trinajstić information content (AvgIpc) is 3.19. The number of anilines is 1. The van der Waals surface area contributed by atoms with Gasteiger partial charge in [-0.15, -0.1) is 11.3 Å². The van der Waals surface area contributed by atoms with Gasteiger partial charge in [0.25, 0.3) is 5.91 Å². The van der Waals surface area contributed by atoms with Gasteiger partial charge in [-0.2, -0.15) is 0 Å². The third kappa shape index (κ3) is 2.85. The Morgan fingerprint density at radius 1 is 1.04 bits per heavy atom. The molecule has 3 heterocycles. The van der Waals surface area contributed by atoms with Crippen LogP contribution in [0.2, 0.25) is 0 Å². The summed E-state index contributed by atoms with van der Waals surface area (Å²) in [4.78, 5) is 17.4. The summed E-state index contributed by atoms with van der Waals surface area (Å²) in [5.74, 6) is 6.17. The molecule has 1 amide bonds. The van der Waals surface area contributed by atoms with Crippen LogP contribution in [-0.2, 0) is 4.79 Å². The number of amides is 1. The third-order valence-corrected chi connectivity index (χ3v) is 4.47. The number of carbonyl (C=O) groups is 1. The van der Waals surface area contributed by atoms with E-state index in [0.717, 1.165) is 21.7 Å². The summed E-state index contributed by atoms with van der Waals surface area (Å²) in [6.07, 6.45) is 3.56. The number of pyridine rings is 1. The minimum absolute atomic E-state index is 0.117. The smallest absolute Gasteiger partial charge is 0.258 e. The van der Waals surface area contributed by atoms with Crippen molar-refractivity contribution in [3.8, 4) is 11.8 Å². The highest BCUT2D eigenvalue weighted by atomic mass is 32.1. The molecule has 3 aromatic rings. The van der Waals surface area contributed by atoms with Gasteiger partial charge in [0.1, 0.15) is 0 Å². The van der Waals surface area contributed by atoms with Gasteiger partial charge in [0.05, 0.1) is 17.0 Å². The van der Waals surface area contributed by atoms with Crippen LogP contribution in [-0.4, -0.2) is 10.9 Å². The number of rotatable bonds is 1. The van der Waals surface area contributed by atoms with E-state index in [9.17, 15) is 4.79 Å². The number of hydrogen-bond acceptors (Lipinski definition) is 3. The number of aromatic nitrogens is 1.